The third-order valence-electron chi connectivity index (χ3n) is 2.74. The van der Waals surface area contributed by atoms with Crippen molar-refractivity contribution in [2.24, 2.45) is 0 Å². The van der Waals surface area contributed by atoms with E-state index in [0.29, 0.717) is 11.0 Å². The zero-order valence-electron chi connectivity index (χ0n) is 14.0. The third-order valence-corrected chi connectivity index (χ3v) is 5.17. The van der Waals surface area contributed by atoms with E-state index < -0.39 is 11.3 Å². The molecule has 0 fully saturated rings. The molecule has 1 unspecified atom stereocenters. The van der Waals surface area contributed by atoms with Crippen molar-refractivity contribution >= 4 is 29.1 Å². The van der Waals surface area contributed by atoms with E-state index in [1.807, 2.05) is 20.8 Å². The summed E-state index contributed by atoms with van der Waals surface area (Å²) < 4.78 is 21.7. The highest BCUT2D eigenvalue weighted by molar-refractivity contribution is 7.99. The van der Waals surface area contributed by atoms with Crippen LogP contribution in [0.5, 0.6) is 0 Å². The van der Waals surface area contributed by atoms with Gasteiger partial charge in [-0.15, -0.1) is 5.10 Å². The van der Waals surface area contributed by atoms with Gasteiger partial charge in [0.25, 0.3) is 0 Å². The second-order valence-electron chi connectivity index (χ2n) is 6.63. The number of amides is 1. The minimum Gasteiger partial charge on any atom is -0.329 e. The van der Waals surface area contributed by atoms with Crippen LogP contribution in [0.4, 0.5) is 4.79 Å². The van der Waals surface area contributed by atoms with E-state index in [4.69, 9.17) is 0 Å². The van der Waals surface area contributed by atoms with Crippen LogP contribution in [0.2, 0.25) is 0 Å². The van der Waals surface area contributed by atoms with Crippen molar-refractivity contribution in [2.75, 3.05) is 34.1 Å². The van der Waals surface area contributed by atoms with Crippen molar-refractivity contribution < 1.29 is 17.4 Å². The fraction of sp³-hybridized carbons (Fsp3) is 0.750. The first kappa shape index (κ1) is 19.1. The molecule has 0 bridgehead atoms. The number of quaternary nitrogens is 1. The molecular formula is C12H24N5O3S2+. The summed E-state index contributed by atoms with van der Waals surface area (Å²) in [5.74, 6) is 0.840. The Balaban J connectivity index is 3.14. The first-order valence-electron chi connectivity index (χ1n) is 6.63. The van der Waals surface area contributed by atoms with E-state index >= 15 is 0 Å². The molecule has 1 aromatic heterocycles. The van der Waals surface area contributed by atoms with Crippen molar-refractivity contribution in [3.8, 4) is 0 Å². The summed E-state index contributed by atoms with van der Waals surface area (Å²) in [6, 6.07) is -0.305. The Bertz CT molecular complexity index is 578. The number of thioether (sulfide) groups is 1. The zero-order chi connectivity index (χ0) is 17.3. The van der Waals surface area contributed by atoms with Crippen molar-refractivity contribution in [2.45, 2.75) is 31.3 Å². The number of aromatic nitrogens is 3. The minimum atomic E-state index is -2.02. The molecular weight excluding hydrogens is 326 g/mol. The van der Waals surface area contributed by atoms with E-state index in [1.165, 1.54) is 21.3 Å². The highest BCUT2D eigenvalue weighted by atomic mass is 32.2. The van der Waals surface area contributed by atoms with Gasteiger partial charge in [-0.2, -0.15) is 8.89 Å². The lowest BCUT2D eigenvalue weighted by Gasteiger charge is -2.22. The Labute approximate surface area is 137 Å². The van der Waals surface area contributed by atoms with E-state index in [0.717, 1.165) is 0 Å². The molecule has 8 nitrogen and oxygen atoms in total. The predicted molar refractivity (Wildman–Crippen MR) is 86.8 cm³/mol. The summed E-state index contributed by atoms with van der Waals surface area (Å²) in [6.45, 7) is 5.89. The molecule has 1 aromatic rings. The molecule has 10 heteroatoms. The highest BCUT2D eigenvalue weighted by Gasteiger charge is 2.29. The van der Waals surface area contributed by atoms with Crippen LogP contribution in [0.25, 0.3) is 0 Å². The number of hydrogen-bond donors (Lipinski definition) is 1. The second-order valence-corrected chi connectivity index (χ2v) is 9.00. The van der Waals surface area contributed by atoms with Crippen LogP contribution in [0.1, 0.15) is 26.6 Å². The topological polar surface area (TPSA) is 88.3 Å². The van der Waals surface area contributed by atoms with Crippen LogP contribution in [0.15, 0.2) is 5.16 Å². The van der Waals surface area contributed by atoms with Gasteiger partial charge in [0, 0.05) is 19.5 Å². The minimum absolute atomic E-state index is 0.126. The third kappa shape index (κ3) is 4.51. The maximum atomic E-state index is 12.2. The summed E-state index contributed by atoms with van der Waals surface area (Å²) in [7, 11) is 6.53. The number of nitrogens with zero attached hydrogens (tertiary/aromatic N) is 5. The zero-order valence-corrected chi connectivity index (χ0v) is 15.7. The summed E-state index contributed by atoms with van der Waals surface area (Å²) >= 11 is -0.796. The van der Waals surface area contributed by atoms with Crippen molar-refractivity contribution in [3.05, 3.63) is 5.82 Å². The quantitative estimate of drug-likeness (QED) is 0.382. The molecule has 0 aliphatic rings. The molecule has 0 spiro atoms. The molecule has 0 saturated heterocycles. The first-order valence-corrected chi connectivity index (χ1v) is 8.67. The highest BCUT2D eigenvalue weighted by Crippen LogP contribution is 2.25. The van der Waals surface area contributed by atoms with Gasteiger partial charge in [0.05, 0.1) is 14.1 Å². The molecule has 0 aliphatic carbocycles. The van der Waals surface area contributed by atoms with Gasteiger partial charge in [-0.05, 0) is 11.8 Å². The molecule has 22 heavy (non-hydrogen) atoms. The molecule has 1 atom stereocenters. The fourth-order valence-electron chi connectivity index (χ4n) is 1.28. The van der Waals surface area contributed by atoms with Gasteiger partial charge >= 0.3 is 17.3 Å². The SMILES string of the molecule is CN(C)C(=O)n1nc(C(C)(C)C)nc1SC[N+](C)(C)S(=O)O. The van der Waals surface area contributed by atoms with Crippen LogP contribution in [-0.4, -0.2) is 72.4 Å². The lowest BCUT2D eigenvalue weighted by Crippen LogP contribution is -2.40. The Kier molecular flexibility index (Phi) is 5.77. The average Bonchev–Trinajstić information content (AvgIpc) is 2.79. The monoisotopic (exact) mass is 350 g/mol. The molecule has 0 radical (unpaired) electrons. The molecule has 0 aromatic carbocycles. The van der Waals surface area contributed by atoms with Crippen molar-refractivity contribution in [1.82, 2.24) is 19.7 Å². The molecule has 0 saturated carbocycles. The Morgan fingerprint density at radius 1 is 1.41 bits per heavy atom. The van der Waals surface area contributed by atoms with Gasteiger partial charge in [0.1, 0.15) is 5.88 Å². The molecule has 1 N–H and O–H groups in total. The second kappa shape index (κ2) is 6.65. The standard InChI is InChI=1S/C12H23N5O3S2/c1-12(2,3)9-13-10(16(14-9)11(18)15(4)5)21-8-17(6,7)22(19)20/h8H2,1-7H3/p+1. The van der Waals surface area contributed by atoms with Gasteiger partial charge in [-0.1, -0.05) is 20.8 Å². The number of carbonyl (C=O) groups excluding carboxylic acids is 1. The van der Waals surface area contributed by atoms with Crippen LogP contribution in [0, 0.1) is 0 Å². The van der Waals surface area contributed by atoms with Crippen LogP contribution >= 0.6 is 11.8 Å². The molecule has 0 aliphatic heterocycles. The van der Waals surface area contributed by atoms with Gasteiger partial charge in [-0.25, -0.2) is 13.7 Å². The largest absolute Gasteiger partial charge is 0.358 e. The normalized spacial score (nSPS) is 14.0. The molecule has 1 rings (SSSR count). The predicted octanol–water partition coefficient (Wildman–Crippen LogP) is 1.37. The van der Waals surface area contributed by atoms with Gasteiger partial charge in [0.15, 0.2) is 5.82 Å². The van der Waals surface area contributed by atoms with E-state index in [-0.39, 0.29) is 21.2 Å². The van der Waals surface area contributed by atoms with E-state index in [1.54, 1.807) is 28.2 Å². The maximum Gasteiger partial charge on any atom is 0.358 e. The number of carbonyl (C=O) groups is 1. The molecule has 126 valence electrons. The lowest BCUT2D eigenvalue weighted by molar-refractivity contribution is -0.747. The number of hydrogen-bond acceptors (Lipinski definition) is 5. The smallest absolute Gasteiger partial charge is 0.329 e. The van der Waals surface area contributed by atoms with E-state index in [9.17, 15) is 13.6 Å². The maximum absolute atomic E-state index is 12.2. The fourth-order valence-corrected chi connectivity index (χ4v) is 2.62. The molecule has 1 heterocycles. The van der Waals surface area contributed by atoms with Crippen molar-refractivity contribution in [3.63, 3.8) is 0 Å². The van der Waals surface area contributed by atoms with E-state index in [2.05, 4.69) is 10.1 Å². The van der Waals surface area contributed by atoms with Gasteiger partial charge < -0.3 is 4.90 Å². The van der Waals surface area contributed by atoms with Crippen molar-refractivity contribution in [1.29, 1.82) is 0 Å². The Morgan fingerprint density at radius 2 is 1.95 bits per heavy atom. The Hall–Kier alpha value is -0.970. The van der Waals surface area contributed by atoms with Gasteiger partial charge in [0.2, 0.25) is 5.16 Å². The summed E-state index contributed by atoms with van der Waals surface area (Å²) in [4.78, 5) is 18.1. The average molecular weight is 350 g/mol. The summed E-state index contributed by atoms with van der Waals surface area (Å²) in [6.07, 6.45) is 0. The first-order chi connectivity index (χ1) is 9.86. The van der Waals surface area contributed by atoms with Crippen LogP contribution in [0.3, 0.4) is 0 Å². The summed E-state index contributed by atoms with van der Waals surface area (Å²) in [5, 5.41) is 4.71. The van der Waals surface area contributed by atoms with Gasteiger partial charge in [-0.3, -0.25) is 4.55 Å². The van der Waals surface area contributed by atoms with Crippen LogP contribution in [-0.2, 0) is 16.7 Å². The molecule has 1 amide bonds. The number of rotatable bonds is 4. The Morgan fingerprint density at radius 3 is 2.36 bits per heavy atom. The van der Waals surface area contributed by atoms with Crippen LogP contribution < -0.4 is 0 Å². The summed E-state index contributed by atoms with van der Waals surface area (Å²) in [5.41, 5.74) is -0.294. The lowest BCUT2D eigenvalue weighted by atomic mass is 9.96.